The Hall–Kier alpha value is -3.41. The molecule has 2 aromatic carbocycles. The fourth-order valence-corrected chi connectivity index (χ4v) is 3.74. The Morgan fingerprint density at radius 1 is 1.29 bits per heavy atom. The highest BCUT2D eigenvalue weighted by molar-refractivity contribution is 6.00. The van der Waals surface area contributed by atoms with Crippen LogP contribution in [0.5, 0.6) is 5.75 Å². The number of aromatic amines is 1. The van der Waals surface area contributed by atoms with Gasteiger partial charge in [0.05, 0.1) is 6.04 Å². The number of H-pyrrole nitrogens is 1. The summed E-state index contributed by atoms with van der Waals surface area (Å²) in [5.74, 6) is -0.608. The van der Waals surface area contributed by atoms with Crippen molar-refractivity contribution in [2.75, 3.05) is 6.54 Å². The van der Waals surface area contributed by atoms with E-state index in [4.69, 9.17) is 0 Å². The summed E-state index contributed by atoms with van der Waals surface area (Å²) >= 11 is 0. The van der Waals surface area contributed by atoms with Gasteiger partial charge < -0.3 is 10.0 Å². The molecular formula is C22H20FN3O2. The van der Waals surface area contributed by atoms with E-state index in [1.54, 1.807) is 35.2 Å². The fourth-order valence-electron chi connectivity index (χ4n) is 3.74. The van der Waals surface area contributed by atoms with Crippen molar-refractivity contribution in [1.82, 2.24) is 15.1 Å². The first-order chi connectivity index (χ1) is 13.4. The number of amides is 1. The van der Waals surface area contributed by atoms with Gasteiger partial charge in [0.1, 0.15) is 23.0 Å². The number of hydrogen-bond donors (Lipinski definition) is 2. The topological polar surface area (TPSA) is 69.2 Å². The molecule has 0 aliphatic carbocycles. The number of benzene rings is 2. The molecule has 0 saturated carbocycles. The van der Waals surface area contributed by atoms with Gasteiger partial charge >= 0.3 is 0 Å². The molecule has 1 atom stereocenters. The zero-order valence-electron chi connectivity index (χ0n) is 15.7. The summed E-state index contributed by atoms with van der Waals surface area (Å²) in [6, 6.07) is 9.23. The number of rotatable bonds is 4. The molecule has 1 amide bonds. The number of nitrogens with one attached hydrogen (secondary N) is 1. The molecule has 4 rings (SSSR count). The maximum absolute atomic E-state index is 14.7. The van der Waals surface area contributed by atoms with Crippen LogP contribution in [0.2, 0.25) is 0 Å². The summed E-state index contributed by atoms with van der Waals surface area (Å²) in [5.41, 5.74) is 4.14. The fraction of sp³-hybridized carbons (Fsp3) is 0.182. The minimum Gasteiger partial charge on any atom is -0.507 e. The van der Waals surface area contributed by atoms with Crippen molar-refractivity contribution in [2.45, 2.75) is 19.9 Å². The molecule has 1 aliphatic heterocycles. The van der Waals surface area contributed by atoms with Crippen LogP contribution in [0.15, 0.2) is 49.1 Å². The highest BCUT2D eigenvalue weighted by Gasteiger charge is 2.42. The summed E-state index contributed by atoms with van der Waals surface area (Å²) in [7, 11) is 0. The van der Waals surface area contributed by atoms with Crippen molar-refractivity contribution < 1.29 is 14.3 Å². The van der Waals surface area contributed by atoms with Gasteiger partial charge in [-0.1, -0.05) is 24.3 Å². The molecule has 0 fully saturated rings. The number of aromatic hydroxyl groups is 1. The van der Waals surface area contributed by atoms with Gasteiger partial charge in [-0.2, -0.15) is 5.10 Å². The van der Waals surface area contributed by atoms with E-state index in [1.165, 1.54) is 6.07 Å². The second kappa shape index (κ2) is 6.64. The lowest BCUT2D eigenvalue weighted by Gasteiger charge is -2.25. The molecule has 0 radical (unpaired) electrons. The van der Waals surface area contributed by atoms with Crippen LogP contribution in [0.25, 0.3) is 11.3 Å². The Labute approximate surface area is 162 Å². The van der Waals surface area contributed by atoms with E-state index in [1.807, 2.05) is 19.9 Å². The third-order valence-corrected chi connectivity index (χ3v) is 5.26. The van der Waals surface area contributed by atoms with Crippen LogP contribution in [0, 0.1) is 19.7 Å². The van der Waals surface area contributed by atoms with Crippen LogP contribution in [-0.2, 0) is 0 Å². The molecule has 2 heterocycles. The molecule has 6 heteroatoms. The van der Waals surface area contributed by atoms with Gasteiger partial charge in [0, 0.05) is 23.2 Å². The molecule has 28 heavy (non-hydrogen) atoms. The minimum atomic E-state index is -0.656. The van der Waals surface area contributed by atoms with Gasteiger partial charge in [-0.25, -0.2) is 4.39 Å². The summed E-state index contributed by atoms with van der Waals surface area (Å²) in [5, 5.41) is 17.6. The van der Waals surface area contributed by atoms with Crippen molar-refractivity contribution in [3.63, 3.8) is 0 Å². The molecule has 0 bridgehead atoms. The number of phenols is 1. The van der Waals surface area contributed by atoms with Crippen molar-refractivity contribution >= 4 is 5.91 Å². The number of carbonyl (C=O) groups is 1. The van der Waals surface area contributed by atoms with Gasteiger partial charge in [-0.05, 0) is 43.2 Å². The van der Waals surface area contributed by atoms with Crippen molar-refractivity contribution in [2.24, 2.45) is 0 Å². The van der Waals surface area contributed by atoms with E-state index in [2.05, 4.69) is 16.8 Å². The molecule has 3 aromatic rings. The first-order valence-corrected chi connectivity index (χ1v) is 8.99. The second-order valence-corrected chi connectivity index (χ2v) is 6.98. The van der Waals surface area contributed by atoms with E-state index < -0.39 is 11.9 Å². The zero-order chi connectivity index (χ0) is 20.0. The van der Waals surface area contributed by atoms with E-state index in [0.29, 0.717) is 28.1 Å². The van der Waals surface area contributed by atoms with Crippen molar-refractivity contribution in [1.29, 1.82) is 0 Å². The number of aromatic nitrogens is 2. The van der Waals surface area contributed by atoms with Gasteiger partial charge in [0.15, 0.2) is 0 Å². The number of fused-ring (bicyclic) bond motifs is 1. The standard InChI is InChI=1S/C22H20FN3O2/c1-4-9-26-21(14-7-5-6-8-16(14)23)18-19(24-25-20(18)22(26)28)15-10-12(2)13(3)11-17(15)27/h4-8,10-11,21,27H,1,9H2,2-3H3,(H,24,25)/t21-/m1/s1. The first kappa shape index (κ1) is 18.0. The highest BCUT2D eigenvalue weighted by Crippen LogP contribution is 2.45. The van der Waals surface area contributed by atoms with Gasteiger partial charge in [-0.3, -0.25) is 9.89 Å². The number of halogens is 1. The number of aryl methyl sites for hydroxylation is 2. The second-order valence-electron chi connectivity index (χ2n) is 6.98. The Bertz CT molecular complexity index is 1100. The Morgan fingerprint density at radius 2 is 2.00 bits per heavy atom. The van der Waals surface area contributed by atoms with Crippen LogP contribution in [-0.4, -0.2) is 32.7 Å². The number of nitrogens with zero attached hydrogens (tertiary/aromatic N) is 2. The number of carbonyl (C=O) groups excluding carboxylic acids is 1. The molecule has 0 saturated heterocycles. The summed E-state index contributed by atoms with van der Waals surface area (Å²) in [4.78, 5) is 14.5. The molecule has 2 N–H and O–H groups in total. The molecule has 1 aromatic heterocycles. The first-order valence-electron chi connectivity index (χ1n) is 8.99. The monoisotopic (exact) mass is 377 g/mol. The van der Waals surface area contributed by atoms with Crippen LogP contribution < -0.4 is 0 Å². The SMILES string of the molecule is C=CCN1C(=O)c2[nH]nc(-c3cc(C)c(C)cc3O)c2[C@H]1c1ccccc1F. The van der Waals surface area contributed by atoms with Crippen LogP contribution in [0.1, 0.15) is 38.8 Å². The van der Waals surface area contributed by atoms with Gasteiger partial charge in [-0.15, -0.1) is 6.58 Å². The Balaban J connectivity index is 1.97. The van der Waals surface area contributed by atoms with E-state index in [-0.39, 0.29) is 18.2 Å². The predicted octanol–water partition coefficient (Wildman–Crippen LogP) is 4.27. The largest absolute Gasteiger partial charge is 0.507 e. The lowest BCUT2D eigenvalue weighted by Crippen LogP contribution is -2.30. The normalized spacial score (nSPS) is 15.8. The number of hydrogen-bond acceptors (Lipinski definition) is 3. The average molecular weight is 377 g/mol. The van der Waals surface area contributed by atoms with Gasteiger partial charge in [0.2, 0.25) is 0 Å². The molecular weight excluding hydrogens is 357 g/mol. The Morgan fingerprint density at radius 3 is 2.71 bits per heavy atom. The van der Waals surface area contributed by atoms with E-state index in [0.717, 1.165) is 11.1 Å². The summed E-state index contributed by atoms with van der Waals surface area (Å²) < 4.78 is 14.7. The maximum Gasteiger partial charge on any atom is 0.273 e. The molecule has 5 nitrogen and oxygen atoms in total. The Kier molecular flexibility index (Phi) is 4.26. The maximum atomic E-state index is 14.7. The predicted molar refractivity (Wildman–Crippen MR) is 105 cm³/mol. The molecule has 0 unspecified atom stereocenters. The smallest absolute Gasteiger partial charge is 0.273 e. The van der Waals surface area contributed by atoms with Gasteiger partial charge in [0.25, 0.3) is 5.91 Å². The van der Waals surface area contributed by atoms with E-state index in [9.17, 15) is 14.3 Å². The zero-order valence-corrected chi connectivity index (χ0v) is 15.7. The van der Waals surface area contributed by atoms with Crippen LogP contribution >= 0.6 is 0 Å². The minimum absolute atomic E-state index is 0.0688. The van der Waals surface area contributed by atoms with Crippen LogP contribution in [0.3, 0.4) is 0 Å². The van der Waals surface area contributed by atoms with E-state index >= 15 is 0 Å². The lowest BCUT2D eigenvalue weighted by molar-refractivity contribution is 0.0763. The quantitative estimate of drug-likeness (QED) is 0.667. The molecule has 142 valence electrons. The van der Waals surface area contributed by atoms with Crippen molar-refractivity contribution in [3.8, 4) is 17.0 Å². The average Bonchev–Trinajstić information content (AvgIpc) is 3.19. The highest BCUT2D eigenvalue weighted by atomic mass is 19.1. The lowest BCUT2D eigenvalue weighted by atomic mass is 9.94. The third-order valence-electron chi connectivity index (χ3n) is 5.26. The summed E-state index contributed by atoms with van der Waals surface area (Å²) in [6.45, 7) is 7.83. The summed E-state index contributed by atoms with van der Waals surface area (Å²) in [6.07, 6.45) is 1.61. The number of phenolic OH excluding ortho intramolecular Hbond substituents is 1. The molecule has 1 aliphatic rings. The van der Waals surface area contributed by atoms with Crippen molar-refractivity contribution in [3.05, 3.63) is 82.8 Å². The van der Waals surface area contributed by atoms with Crippen LogP contribution in [0.4, 0.5) is 4.39 Å². The third kappa shape index (κ3) is 2.60. The molecule has 0 spiro atoms.